The molecule has 0 aromatic carbocycles. The van der Waals surface area contributed by atoms with Crippen LogP contribution in [0, 0.1) is 0 Å². The van der Waals surface area contributed by atoms with Crippen LogP contribution in [0.3, 0.4) is 0 Å². The van der Waals surface area contributed by atoms with Crippen molar-refractivity contribution in [3.63, 3.8) is 0 Å². The van der Waals surface area contributed by atoms with Crippen LogP contribution in [0.1, 0.15) is 36.4 Å². The number of hydrogen-bond acceptors (Lipinski definition) is 2. The van der Waals surface area contributed by atoms with Crippen molar-refractivity contribution < 1.29 is 5.11 Å². The number of aromatic nitrogens is 2. The molecule has 1 atom stereocenters. The summed E-state index contributed by atoms with van der Waals surface area (Å²) >= 11 is 0. The maximum atomic E-state index is 8.92. The smallest absolute Gasteiger partial charge is 0.0527 e. The van der Waals surface area contributed by atoms with Crippen molar-refractivity contribution in [2.24, 2.45) is 7.05 Å². The molecule has 0 saturated carbocycles. The molecule has 0 amide bonds. The minimum Gasteiger partial charge on any atom is -0.396 e. The van der Waals surface area contributed by atoms with Gasteiger partial charge in [0.15, 0.2) is 0 Å². The average molecular weight is 180 g/mol. The first-order valence-electron chi connectivity index (χ1n) is 4.94. The second-order valence-electron chi connectivity index (χ2n) is 3.77. The molecule has 1 aliphatic rings. The lowest BCUT2D eigenvalue weighted by Gasteiger charge is -2.21. The molecule has 0 saturated heterocycles. The second-order valence-corrected chi connectivity index (χ2v) is 3.77. The molecule has 1 heterocycles. The van der Waals surface area contributed by atoms with E-state index in [9.17, 15) is 0 Å². The molecule has 2 rings (SSSR count). The Hall–Kier alpha value is -0.830. The molecule has 1 aliphatic carbocycles. The number of fused-ring (bicyclic) bond motifs is 1. The van der Waals surface area contributed by atoms with Crippen LogP contribution >= 0.6 is 0 Å². The molecule has 0 bridgehead atoms. The van der Waals surface area contributed by atoms with Gasteiger partial charge in [0, 0.05) is 19.3 Å². The van der Waals surface area contributed by atoms with Crippen LogP contribution in [0.2, 0.25) is 0 Å². The zero-order valence-corrected chi connectivity index (χ0v) is 8.03. The van der Waals surface area contributed by atoms with Crippen LogP contribution in [-0.4, -0.2) is 21.5 Å². The predicted octanol–water partition coefficient (Wildman–Crippen LogP) is 1.22. The van der Waals surface area contributed by atoms with Gasteiger partial charge in [0.1, 0.15) is 0 Å². The van der Waals surface area contributed by atoms with Crippen molar-refractivity contribution in [3.8, 4) is 0 Å². The molecule has 72 valence electrons. The fraction of sp³-hybridized carbons (Fsp3) is 0.700. The summed E-state index contributed by atoms with van der Waals surface area (Å²) < 4.78 is 1.97. The summed E-state index contributed by atoms with van der Waals surface area (Å²) in [5.41, 5.74) is 2.73. The third-order valence-corrected chi connectivity index (χ3v) is 2.98. The SMILES string of the molecule is Cn1ncc2c1CCC[C@@H]2CCO. The highest BCUT2D eigenvalue weighted by Crippen LogP contribution is 2.33. The molecule has 0 fully saturated rings. The molecule has 13 heavy (non-hydrogen) atoms. The Kier molecular flexibility index (Phi) is 2.36. The summed E-state index contributed by atoms with van der Waals surface area (Å²) in [6, 6.07) is 0. The zero-order chi connectivity index (χ0) is 9.26. The third kappa shape index (κ3) is 1.48. The Labute approximate surface area is 78.4 Å². The van der Waals surface area contributed by atoms with E-state index in [1.807, 2.05) is 17.9 Å². The lowest BCUT2D eigenvalue weighted by molar-refractivity contribution is 0.269. The number of hydrogen-bond donors (Lipinski definition) is 1. The van der Waals surface area contributed by atoms with Crippen LogP contribution in [0.4, 0.5) is 0 Å². The van der Waals surface area contributed by atoms with Crippen molar-refractivity contribution >= 4 is 0 Å². The highest BCUT2D eigenvalue weighted by Gasteiger charge is 2.22. The van der Waals surface area contributed by atoms with E-state index in [1.165, 1.54) is 24.1 Å². The third-order valence-electron chi connectivity index (χ3n) is 2.98. The van der Waals surface area contributed by atoms with E-state index < -0.39 is 0 Å². The van der Waals surface area contributed by atoms with E-state index in [2.05, 4.69) is 5.10 Å². The molecular formula is C10H16N2O. The first-order valence-corrected chi connectivity index (χ1v) is 4.94. The Morgan fingerprint density at radius 2 is 2.54 bits per heavy atom. The van der Waals surface area contributed by atoms with Crippen molar-refractivity contribution in [3.05, 3.63) is 17.5 Å². The van der Waals surface area contributed by atoms with Gasteiger partial charge in [0.25, 0.3) is 0 Å². The van der Waals surface area contributed by atoms with Crippen LogP contribution in [-0.2, 0) is 13.5 Å². The highest BCUT2D eigenvalue weighted by atomic mass is 16.3. The molecule has 1 N–H and O–H groups in total. The summed E-state index contributed by atoms with van der Waals surface area (Å²) in [7, 11) is 2.00. The van der Waals surface area contributed by atoms with E-state index in [-0.39, 0.29) is 0 Å². The van der Waals surface area contributed by atoms with Crippen molar-refractivity contribution in [1.29, 1.82) is 0 Å². The van der Waals surface area contributed by atoms with Crippen LogP contribution in [0.15, 0.2) is 6.20 Å². The average Bonchev–Trinajstić information content (AvgIpc) is 2.50. The summed E-state index contributed by atoms with van der Waals surface area (Å²) in [5.74, 6) is 0.544. The van der Waals surface area contributed by atoms with Gasteiger partial charge < -0.3 is 5.11 Å². The van der Waals surface area contributed by atoms with Crippen LogP contribution < -0.4 is 0 Å². The minimum atomic E-state index is 0.291. The van der Waals surface area contributed by atoms with Gasteiger partial charge >= 0.3 is 0 Å². The van der Waals surface area contributed by atoms with E-state index in [0.29, 0.717) is 12.5 Å². The van der Waals surface area contributed by atoms with Gasteiger partial charge in [-0.2, -0.15) is 5.10 Å². The largest absolute Gasteiger partial charge is 0.396 e. The molecule has 1 aromatic rings. The summed E-state index contributed by atoms with van der Waals surface area (Å²) in [4.78, 5) is 0. The van der Waals surface area contributed by atoms with E-state index in [0.717, 1.165) is 12.8 Å². The summed E-state index contributed by atoms with van der Waals surface area (Å²) in [6.45, 7) is 0.291. The lowest BCUT2D eigenvalue weighted by Crippen LogP contribution is -2.12. The predicted molar refractivity (Wildman–Crippen MR) is 50.6 cm³/mol. The molecule has 1 aromatic heterocycles. The fourth-order valence-electron chi connectivity index (χ4n) is 2.25. The van der Waals surface area contributed by atoms with Crippen molar-refractivity contribution in [2.45, 2.75) is 31.6 Å². The standard InChI is InChI=1S/C10H16N2O/c1-12-10-4-2-3-8(5-6-13)9(10)7-11-12/h7-8,13H,2-6H2,1H3/t8-/m1/s1. The van der Waals surface area contributed by atoms with Crippen LogP contribution in [0.25, 0.3) is 0 Å². The fourth-order valence-corrected chi connectivity index (χ4v) is 2.25. The van der Waals surface area contributed by atoms with Crippen molar-refractivity contribution in [2.75, 3.05) is 6.61 Å². The monoisotopic (exact) mass is 180 g/mol. The Bertz CT molecular complexity index is 293. The normalized spacial score (nSPS) is 21.5. The van der Waals surface area contributed by atoms with Gasteiger partial charge in [-0.05, 0) is 37.2 Å². The van der Waals surface area contributed by atoms with E-state index >= 15 is 0 Å². The Morgan fingerprint density at radius 3 is 3.31 bits per heavy atom. The maximum absolute atomic E-state index is 8.92. The molecule has 0 radical (unpaired) electrons. The van der Waals surface area contributed by atoms with Crippen molar-refractivity contribution in [1.82, 2.24) is 9.78 Å². The topological polar surface area (TPSA) is 38.0 Å². The first-order chi connectivity index (χ1) is 6.33. The number of aliphatic hydroxyl groups is 1. The highest BCUT2D eigenvalue weighted by molar-refractivity contribution is 5.25. The second kappa shape index (κ2) is 3.50. The molecule has 0 spiro atoms. The number of aryl methyl sites for hydroxylation is 1. The minimum absolute atomic E-state index is 0.291. The van der Waals surface area contributed by atoms with Gasteiger partial charge in [-0.1, -0.05) is 0 Å². The van der Waals surface area contributed by atoms with E-state index in [1.54, 1.807) is 0 Å². The zero-order valence-electron chi connectivity index (χ0n) is 8.03. The maximum Gasteiger partial charge on any atom is 0.0527 e. The van der Waals surface area contributed by atoms with Gasteiger partial charge in [0.2, 0.25) is 0 Å². The van der Waals surface area contributed by atoms with E-state index in [4.69, 9.17) is 5.11 Å². The molecule has 3 nitrogen and oxygen atoms in total. The number of rotatable bonds is 2. The number of nitrogens with zero attached hydrogens (tertiary/aromatic N) is 2. The quantitative estimate of drug-likeness (QED) is 0.743. The Morgan fingerprint density at radius 1 is 1.69 bits per heavy atom. The van der Waals surface area contributed by atoms with Gasteiger partial charge in [0.05, 0.1) is 6.20 Å². The number of aliphatic hydroxyl groups excluding tert-OH is 1. The molecule has 3 heteroatoms. The van der Waals surface area contributed by atoms with Gasteiger partial charge in [-0.15, -0.1) is 0 Å². The first kappa shape index (κ1) is 8.75. The summed E-state index contributed by atoms with van der Waals surface area (Å²) in [6.07, 6.45) is 6.44. The van der Waals surface area contributed by atoms with Crippen LogP contribution in [0.5, 0.6) is 0 Å². The van der Waals surface area contributed by atoms with Gasteiger partial charge in [-0.3, -0.25) is 4.68 Å². The molecule has 0 unspecified atom stereocenters. The summed E-state index contributed by atoms with van der Waals surface area (Å²) in [5, 5.41) is 13.2. The van der Waals surface area contributed by atoms with Gasteiger partial charge in [-0.25, -0.2) is 0 Å². The Balaban J connectivity index is 2.27. The molecular weight excluding hydrogens is 164 g/mol. The lowest BCUT2D eigenvalue weighted by atomic mass is 9.85. The molecule has 0 aliphatic heterocycles.